The van der Waals surface area contributed by atoms with Gasteiger partial charge in [-0.3, -0.25) is 4.79 Å². The summed E-state index contributed by atoms with van der Waals surface area (Å²) in [5.74, 6) is -0.608. The summed E-state index contributed by atoms with van der Waals surface area (Å²) in [5.41, 5.74) is 3.43. The smallest absolute Gasteiger partial charge is 0.340 e. The zero-order chi connectivity index (χ0) is 19.2. The molecule has 3 rings (SSSR count). The topological polar surface area (TPSA) is 46.6 Å². The van der Waals surface area contributed by atoms with Crippen molar-refractivity contribution in [3.8, 4) is 0 Å². The Balaban J connectivity index is 1.92. The number of amides is 1. The molecule has 1 aliphatic heterocycles. The fraction of sp³-hybridized carbons (Fsp3) is 0.217. The summed E-state index contributed by atoms with van der Waals surface area (Å²) < 4.78 is 5.21. The zero-order valence-electron chi connectivity index (χ0n) is 15.6. The normalized spacial score (nSPS) is 15.6. The first kappa shape index (κ1) is 18.6. The lowest BCUT2D eigenvalue weighted by molar-refractivity contribution is -0.138. The standard InChI is InChI=1S/C23H23NO3/c1-3-27-23(26)21-17(2)24(15-14-18-10-6-4-7-11-18)22(25)20(21)16-19-12-8-5-9-13-19/h4-13,16H,3,14-15H2,1-2H3/b20-16-. The molecule has 0 N–H and O–H groups in total. The fourth-order valence-corrected chi connectivity index (χ4v) is 3.20. The molecule has 4 heteroatoms. The molecule has 1 aliphatic rings. The number of hydrogen-bond donors (Lipinski definition) is 0. The molecule has 0 spiro atoms. The summed E-state index contributed by atoms with van der Waals surface area (Å²) in [5, 5.41) is 0. The predicted octanol–water partition coefficient (Wildman–Crippen LogP) is 3.99. The van der Waals surface area contributed by atoms with Crippen molar-refractivity contribution in [1.29, 1.82) is 0 Å². The van der Waals surface area contributed by atoms with E-state index in [0.29, 0.717) is 23.4 Å². The molecule has 0 saturated carbocycles. The lowest BCUT2D eigenvalue weighted by atomic mass is 10.0. The van der Waals surface area contributed by atoms with E-state index < -0.39 is 5.97 Å². The Morgan fingerprint density at radius 1 is 1.04 bits per heavy atom. The van der Waals surface area contributed by atoms with Crippen LogP contribution >= 0.6 is 0 Å². The Hall–Kier alpha value is -3.14. The molecule has 0 aliphatic carbocycles. The van der Waals surface area contributed by atoms with E-state index in [1.54, 1.807) is 24.8 Å². The van der Waals surface area contributed by atoms with E-state index in [1.165, 1.54) is 0 Å². The van der Waals surface area contributed by atoms with Gasteiger partial charge in [0, 0.05) is 12.2 Å². The molecule has 0 aromatic heterocycles. The summed E-state index contributed by atoms with van der Waals surface area (Å²) in [7, 11) is 0. The molecule has 2 aromatic carbocycles. The summed E-state index contributed by atoms with van der Waals surface area (Å²) >= 11 is 0. The monoisotopic (exact) mass is 361 g/mol. The zero-order valence-corrected chi connectivity index (χ0v) is 15.6. The third-order valence-electron chi connectivity index (χ3n) is 4.57. The second-order valence-electron chi connectivity index (χ2n) is 6.34. The number of rotatable bonds is 6. The van der Waals surface area contributed by atoms with Gasteiger partial charge in [-0.1, -0.05) is 60.7 Å². The molecule has 4 nitrogen and oxygen atoms in total. The number of carbonyl (C=O) groups excluding carboxylic acids is 2. The number of carbonyl (C=O) groups is 2. The van der Waals surface area contributed by atoms with Gasteiger partial charge in [0.25, 0.3) is 5.91 Å². The van der Waals surface area contributed by atoms with E-state index in [4.69, 9.17) is 4.74 Å². The van der Waals surface area contributed by atoms with Crippen LogP contribution in [0.2, 0.25) is 0 Å². The Labute approximate surface area is 159 Å². The molecule has 0 atom stereocenters. The average molecular weight is 361 g/mol. The van der Waals surface area contributed by atoms with Crippen LogP contribution in [-0.2, 0) is 20.7 Å². The van der Waals surface area contributed by atoms with E-state index in [-0.39, 0.29) is 12.5 Å². The van der Waals surface area contributed by atoms with E-state index in [0.717, 1.165) is 17.5 Å². The summed E-state index contributed by atoms with van der Waals surface area (Å²) in [4.78, 5) is 27.3. The molecule has 138 valence electrons. The van der Waals surface area contributed by atoms with Crippen LogP contribution in [0.25, 0.3) is 6.08 Å². The van der Waals surface area contributed by atoms with Crippen molar-refractivity contribution in [2.24, 2.45) is 0 Å². The molecule has 1 heterocycles. The Morgan fingerprint density at radius 3 is 2.30 bits per heavy atom. The molecule has 0 saturated heterocycles. The van der Waals surface area contributed by atoms with Gasteiger partial charge in [-0.25, -0.2) is 4.79 Å². The molecule has 2 aromatic rings. The molecule has 0 unspecified atom stereocenters. The lowest BCUT2D eigenvalue weighted by Crippen LogP contribution is -2.27. The molecule has 0 bridgehead atoms. The van der Waals surface area contributed by atoms with Crippen LogP contribution in [0.3, 0.4) is 0 Å². The van der Waals surface area contributed by atoms with Crippen molar-refractivity contribution in [1.82, 2.24) is 4.90 Å². The van der Waals surface area contributed by atoms with Crippen molar-refractivity contribution < 1.29 is 14.3 Å². The molecule has 0 radical (unpaired) electrons. The van der Waals surface area contributed by atoms with Crippen LogP contribution in [0.5, 0.6) is 0 Å². The fourth-order valence-electron chi connectivity index (χ4n) is 3.20. The largest absolute Gasteiger partial charge is 0.462 e. The maximum absolute atomic E-state index is 13.1. The first-order chi connectivity index (χ1) is 13.1. The molecular weight excluding hydrogens is 338 g/mol. The van der Waals surface area contributed by atoms with E-state index >= 15 is 0 Å². The molecular formula is C23H23NO3. The van der Waals surface area contributed by atoms with Crippen molar-refractivity contribution >= 4 is 18.0 Å². The van der Waals surface area contributed by atoms with Gasteiger partial charge in [0.15, 0.2) is 0 Å². The van der Waals surface area contributed by atoms with Gasteiger partial charge in [-0.05, 0) is 37.5 Å². The first-order valence-electron chi connectivity index (χ1n) is 9.12. The van der Waals surface area contributed by atoms with Crippen LogP contribution in [-0.4, -0.2) is 29.9 Å². The Morgan fingerprint density at radius 2 is 1.67 bits per heavy atom. The highest BCUT2D eigenvalue weighted by molar-refractivity contribution is 6.16. The molecule has 27 heavy (non-hydrogen) atoms. The summed E-state index contributed by atoms with van der Waals surface area (Å²) in [6, 6.07) is 19.5. The molecule has 0 fully saturated rings. The van der Waals surface area contributed by atoms with Crippen LogP contribution < -0.4 is 0 Å². The van der Waals surface area contributed by atoms with Crippen molar-refractivity contribution in [2.45, 2.75) is 20.3 Å². The third-order valence-corrected chi connectivity index (χ3v) is 4.57. The highest BCUT2D eigenvalue weighted by Gasteiger charge is 2.36. The number of allylic oxidation sites excluding steroid dienone is 1. The van der Waals surface area contributed by atoms with Gasteiger partial charge in [-0.15, -0.1) is 0 Å². The number of hydrogen-bond acceptors (Lipinski definition) is 3. The minimum Gasteiger partial charge on any atom is -0.462 e. The van der Waals surface area contributed by atoms with Crippen LogP contribution in [0.1, 0.15) is 25.0 Å². The highest BCUT2D eigenvalue weighted by atomic mass is 16.5. The van der Waals surface area contributed by atoms with Gasteiger partial charge in [0.2, 0.25) is 0 Å². The first-order valence-corrected chi connectivity index (χ1v) is 9.12. The van der Waals surface area contributed by atoms with E-state index in [1.807, 2.05) is 60.7 Å². The second-order valence-corrected chi connectivity index (χ2v) is 6.34. The van der Waals surface area contributed by atoms with Crippen molar-refractivity contribution in [2.75, 3.05) is 13.2 Å². The van der Waals surface area contributed by atoms with Crippen molar-refractivity contribution in [3.63, 3.8) is 0 Å². The van der Waals surface area contributed by atoms with Crippen LogP contribution in [0, 0.1) is 0 Å². The summed E-state index contributed by atoms with van der Waals surface area (Å²) in [6.07, 6.45) is 2.49. The maximum Gasteiger partial charge on any atom is 0.340 e. The van der Waals surface area contributed by atoms with Gasteiger partial charge < -0.3 is 9.64 Å². The number of ether oxygens (including phenoxy) is 1. The lowest BCUT2D eigenvalue weighted by Gasteiger charge is -2.17. The van der Waals surface area contributed by atoms with Gasteiger partial charge in [-0.2, -0.15) is 0 Å². The predicted molar refractivity (Wildman–Crippen MR) is 106 cm³/mol. The quantitative estimate of drug-likeness (QED) is 0.577. The molecule has 1 amide bonds. The van der Waals surface area contributed by atoms with Gasteiger partial charge in [0.05, 0.1) is 17.8 Å². The second kappa shape index (κ2) is 8.49. The minimum absolute atomic E-state index is 0.157. The van der Waals surface area contributed by atoms with Crippen LogP contribution in [0.4, 0.5) is 0 Å². The minimum atomic E-state index is -0.451. The maximum atomic E-state index is 13.1. The average Bonchev–Trinajstić information content (AvgIpc) is 2.92. The van der Waals surface area contributed by atoms with E-state index in [2.05, 4.69) is 0 Å². The van der Waals surface area contributed by atoms with Crippen molar-refractivity contribution in [3.05, 3.63) is 88.6 Å². The van der Waals surface area contributed by atoms with E-state index in [9.17, 15) is 9.59 Å². The number of benzene rings is 2. The Bertz CT molecular complexity index is 882. The number of nitrogens with zero attached hydrogens (tertiary/aromatic N) is 1. The number of esters is 1. The van der Waals surface area contributed by atoms with Gasteiger partial charge >= 0.3 is 5.97 Å². The third kappa shape index (κ3) is 4.17. The summed E-state index contributed by atoms with van der Waals surface area (Å²) in [6.45, 7) is 4.36. The SMILES string of the molecule is CCOC(=O)C1=C(C)N(CCc2ccccc2)C(=O)/C1=C\c1ccccc1. The van der Waals surface area contributed by atoms with Crippen LogP contribution in [0.15, 0.2) is 77.5 Å². The highest BCUT2D eigenvalue weighted by Crippen LogP contribution is 2.31. The Kier molecular flexibility index (Phi) is 5.87. The van der Waals surface area contributed by atoms with Gasteiger partial charge in [0.1, 0.15) is 0 Å².